The van der Waals surface area contributed by atoms with Crippen LogP contribution >= 0.6 is 0 Å². The zero-order valence-corrected chi connectivity index (χ0v) is 31.6. The highest BCUT2D eigenvalue weighted by molar-refractivity contribution is 5.69. The minimum absolute atomic E-state index is 0.163. The average molecular weight is 653 g/mol. The molecular formula is C42H84O4. The maximum Gasteiger partial charge on any atom is 0.306 e. The Bertz CT molecular complexity index is 566. The monoisotopic (exact) mass is 653 g/mol. The number of aliphatic hydroxyl groups is 1. The van der Waals surface area contributed by atoms with Crippen LogP contribution in [0, 0.1) is 0 Å². The predicted molar refractivity (Wildman–Crippen MR) is 201 cm³/mol. The van der Waals surface area contributed by atoms with E-state index < -0.39 is 6.10 Å². The van der Waals surface area contributed by atoms with Crippen LogP contribution in [0.25, 0.3) is 0 Å². The van der Waals surface area contributed by atoms with Gasteiger partial charge in [0.25, 0.3) is 0 Å². The summed E-state index contributed by atoms with van der Waals surface area (Å²) < 4.78 is 11.1. The van der Waals surface area contributed by atoms with Crippen molar-refractivity contribution in [3.63, 3.8) is 0 Å². The predicted octanol–water partition coefficient (Wildman–Crippen LogP) is 13.6. The van der Waals surface area contributed by atoms with Crippen molar-refractivity contribution >= 4 is 5.97 Å². The van der Waals surface area contributed by atoms with Gasteiger partial charge in [0.15, 0.2) is 0 Å². The first kappa shape index (κ1) is 45.4. The summed E-state index contributed by atoms with van der Waals surface area (Å²) in [5.74, 6) is -0.197. The van der Waals surface area contributed by atoms with Crippen molar-refractivity contribution in [1.82, 2.24) is 0 Å². The van der Waals surface area contributed by atoms with Gasteiger partial charge in [-0.05, 0) is 12.8 Å². The van der Waals surface area contributed by atoms with Crippen molar-refractivity contribution in [2.24, 2.45) is 0 Å². The number of hydrogen-bond acceptors (Lipinski definition) is 4. The maximum atomic E-state index is 12.1. The molecule has 0 spiro atoms. The Morgan fingerprint density at radius 1 is 0.435 bits per heavy atom. The van der Waals surface area contributed by atoms with Crippen LogP contribution in [-0.2, 0) is 14.3 Å². The molecule has 0 rings (SSSR count). The van der Waals surface area contributed by atoms with E-state index in [1.807, 2.05) is 0 Å². The average Bonchev–Trinajstić information content (AvgIpc) is 3.06. The SMILES string of the molecule is CCCCCCCCCCCCCCCCCCCCCCCCCCOCC(CO)OC(=O)CCCCCCCCCCCC. The third-order valence-electron chi connectivity index (χ3n) is 9.68. The Balaban J connectivity index is 3.30. The van der Waals surface area contributed by atoms with Gasteiger partial charge in [0.1, 0.15) is 6.10 Å². The Labute approximate surface area is 289 Å². The minimum Gasteiger partial charge on any atom is -0.457 e. The van der Waals surface area contributed by atoms with Crippen molar-refractivity contribution in [2.45, 2.75) is 245 Å². The zero-order valence-electron chi connectivity index (χ0n) is 31.6. The number of rotatable bonds is 40. The van der Waals surface area contributed by atoms with E-state index in [0.29, 0.717) is 19.6 Å². The van der Waals surface area contributed by atoms with Gasteiger partial charge in [0.2, 0.25) is 0 Å². The summed E-state index contributed by atoms with van der Waals surface area (Å²) in [5, 5.41) is 9.56. The van der Waals surface area contributed by atoms with Gasteiger partial charge in [-0.2, -0.15) is 0 Å². The van der Waals surface area contributed by atoms with Gasteiger partial charge < -0.3 is 14.6 Å². The Morgan fingerprint density at radius 2 is 0.717 bits per heavy atom. The first-order valence-corrected chi connectivity index (χ1v) is 21.1. The van der Waals surface area contributed by atoms with Crippen molar-refractivity contribution in [1.29, 1.82) is 0 Å². The van der Waals surface area contributed by atoms with Gasteiger partial charge in [-0.25, -0.2) is 0 Å². The highest BCUT2D eigenvalue weighted by Crippen LogP contribution is 2.16. The second-order valence-electron chi connectivity index (χ2n) is 14.4. The molecule has 1 unspecified atom stereocenters. The molecule has 1 N–H and O–H groups in total. The summed E-state index contributed by atoms with van der Waals surface area (Å²) in [4.78, 5) is 12.1. The molecule has 0 aliphatic carbocycles. The van der Waals surface area contributed by atoms with Crippen LogP contribution in [0.15, 0.2) is 0 Å². The Hall–Kier alpha value is -0.610. The molecule has 0 aromatic heterocycles. The van der Waals surface area contributed by atoms with E-state index in [-0.39, 0.29) is 12.6 Å². The molecule has 0 amide bonds. The maximum absolute atomic E-state index is 12.1. The fourth-order valence-corrected chi connectivity index (χ4v) is 6.51. The van der Waals surface area contributed by atoms with E-state index in [0.717, 1.165) is 19.3 Å². The molecule has 276 valence electrons. The van der Waals surface area contributed by atoms with Gasteiger partial charge in [0.05, 0.1) is 13.2 Å². The molecule has 0 saturated heterocycles. The third-order valence-corrected chi connectivity index (χ3v) is 9.68. The quantitative estimate of drug-likeness (QED) is 0.0528. The second-order valence-corrected chi connectivity index (χ2v) is 14.4. The van der Waals surface area contributed by atoms with Crippen LogP contribution in [0.1, 0.15) is 239 Å². The summed E-state index contributed by atoms with van der Waals surface area (Å²) in [7, 11) is 0. The van der Waals surface area contributed by atoms with Crippen LogP contribution in [0.2, 0.25) is 0 Å². The van der Waals surface area contributed by atoms with Crippen LogP contribution in [-0.4, -0.2) is 37.0 Å². The van der Waals surface area contributed by atoms with Crippen LogP contribution in [0.4, 0.5) is 0 Å². The van der Waals surface area contributed by atoms with E-state index in [2.05, 4.69) is 13.8 Å². The lowest BCUT2D eigenvalue weighted by Crippen LogP contribution is -2.27. The third kappa shape index (κ3) is 37.8. The largest absolute Gasteiger partial charge is 0.457 e. The molecule has 0 aliphatic rings. The Morgan fingerprint density at radius 3 is 1.02 bits per heavy atom. The lowest BCUT2D eigenvalue weighted by Gasteiger charge is -2.16. The van der Waals surface area contributed by atoms with Gasteiger partial charge in [-0.3, -0.25) is 4.79 Å². The van der Waals surface area contributed by atoms with Crippen molar-refractivity contribution in [3.05, 3.63) is 0 Å². The van der Waals surface area contributed by atoms with Crippen molar-refractivity contribution in [3.8, 4) is 0 Å². The number of aliphatic hydroxyl groups excluding tert-OH is 1. The van der Waals surface area contributed by atoms with Gasteiger partial charge >= 0.3 is 5.97 Å². The molecule has 0 radical (unpaired) electrons. The lowest BCUT2D eigenvalue weighted by atomic mass is 10.0. The van der Waals surface area contributed by atoms with Crippen molar-refractivity contribution in [2.75, 3.05) is 19.8 Å². The van der Waals surface area contributed by atoms with Gasteiger partial charge in [-0.1, -0.05) is 219 Å². The summed E-state index contributed by atoms with van der Waals surface area (Å²) in [6.07, 6.45) is 46.0. The zero-order chi connectivity index (χ0) is 33.4. The van der Waals surface area contributed by atoms with Crippen molar-refractivity contribution < 1.29 is 19.4 Å². The highest BCUT2D eigenvalue weighted by atomic mass is 16.6. The molecular weight excluding hydrogens is 568 g/mol. The fourth-order valence-electron chi connectivity index (χ4n) is 6.51. The topological polar surface area (TPSA) is 55.8 Å². The molecule has 0 bridgehead atoms. The number of hydrogen-bond donors (Lipinski definition) is 1. The minimum atomic E-state index is -0.523. The lowest BCUT2D eigenvalue weighted by molar-refractivity contribution is -0.154. The second kappa shape index (κ2) is 40.6. The molecule has 4 heteroatoms. The highest BCUT2D eigenvalue weighted by Gasteiger charge is 2.13. The van der Waals surface area contributed by atoms with Gasteiger partial charge in [0, 0.05) is 13.0 Å². The molecule has 0 aromatic rings. The molecule has 0 aliphatic heterocycles. The molecule has 0 fully saturated rings. The first-order valence-electron chi connectivity index (χ1n) is 21.1. The Kier molecular flexibility index (Phi) is 40.0. The molecule has 0 saturated carbocycles. The molecule has 46 heavy (non-hydrogen) atoms. The van der Waals surface area contributed by atoms with E-state index in [9.17, 15) is 9.90 Å². The number of unbranched alkanes of at least 4 members (excludes halogenated alkanes) is 32. The van der Waals surface area contributed by atoms with Crippen LogP contribution in [0.3, 0.4) is 0 Å². The van der Waals surface area contributed by atoms with Crippen LogP contribution < -0.4 is 0 Å². The molecule has 1 atom stereocenters. The van der Waals surface area contributed by atoms with Gasteiger partial charge in [-0.15, -0.1) is 0 Å². The fraction of sp³-hybridized carbons (Fsp3) is 0.976. The van der Waals surface area contributed by atoms with E-state index in [1.54, 1.807) is 0 Å². The standard InChI is InChI=1S/C42H84O4/c1-3-5-7-9-11-13-15-16-17-18-19-20-21-22-23-24-25-26-27-28-30-32-34-36-38-45-40-41(39-43)46-42(44)37-35-33-31-29-14-12-10-8-6-4-2/h41,43H,3-40H2,1-2H3. The molecule has 4 nitrogen and oxygen atoms in total. The van der Waals surface area contributed by atoms with E-state index in [4.69, 9.17) is 9.47 Å². The summed E-state index contributed by atoms with van der Waals surface area (Å²) >= 11 is 0. The number of ether oxygens (including phenoxy) is 2. The number of carbonyl (C=O) groups is 1. The molecule has 0 heterocycles. The van der Waals surface area contributed by atoms with E-state index >= 15 is 0 Å². The van der Waals surface area contributed by atoms with Crippen LogP contribution in [0.5, 0.6) is 0 Å². The summed E-state index contributed by atoms with van der Waals surface area (Å²) in [5.41, 5.74) is 0. The molecule has 0 aromatic carbocycles. The summed E-state index contributed by atoms with van der Waals surface area (Å²) in [6, 6.07) is 0. The number of carbonyl (C=O) groups excluding carboxylic acids is 1. The normalized spacial score (nSPS) is 12.2. The van der Waals surface area contributed by atoms with E-state index in [1.165, 1.54) is 199 Å². The number of esters is 1. The smallest absolute Gasteiger partial charge is 0.306 e. The summed E-state index contributed by atoms with van der Waals surface area (Å²) in [6.45, 7) is 5.38. The first-order chi connectivity index (χ1) is 22.7.